The van der Waals surface area contributed by atoms with Crippen LogP contribution >= 0.6 is 0 Å². The number of hydrogen-bond acceptors (Lipinski definition) is 4. The van der Waals surface area contributed by atoms with Crippen LogP contribution < -0.4 is 10.0 Å². The fourth-order valence-corrected chi connectivity index (χ4v) is 4.80. The van der Waals surface area contributed by atoms with Crippen LogP contribution in [0.15, 0.2) is 48.5 Å². The number of anilines is 2. The van der Waals surface area contributed by atoms with Crippen LogP contribution in [-0.2, 0) is 14.8 Å². The summed E-state index contributed by atoms with van der Waals surface area (Å²) in [5.41, 5.74) is 2.74. The van der Waals surface area contributed by atoms with Crippen molar-refractivity contribution >= 4 is 27.3 Å². The number of piperidine rings is 3. The Kier molecular flexibility index (Phi) is 5.12. The molecule has 3 fully saturated rings. The first-order chi connectivity index (χ1) is 13.4. The van der Waals surface area contributed by atoms with Crippen molar-refractivity contribution in [2.75, 3.05) is 35.9 Å². The summed E-state index contributed by atoms with van der Waals surface area (Å²) >= 11 is 0. The van der Waals surface area contributed by atoms with Gasteiger partial charge in [-0.1, -0.05) is 36.4 Å². The molecule has 28 heavy (non-hydrogen) atoms. The van der Waals surface area contributed by atoms with Crippen molar-refractivity contribution in [1.29, 1.82) is 0 Å². The molecular formula is C21H25N3O3S. The van der Waals surface area contributed by atoms with Crippen molar-refractivity contribution in [1.82, 2.24) is 4.90 Å². The highest BCUT2D eigenvalue weighted by molar-refractivity contribution is 7.92. The molecule has 148 valence electrons. The highest BCUT2D eigenvalue weighted by Gasteiger charge is 2.38. The van der Waals surface area contributed by atoms with Crippen molar-refractivity contribution in [2.24, 2.45) is 11.8 Å². The van der Waals surface area contributed by atoms with Gasteiger partial charge in [-0.05, 0) is 55.1 Å². The highest BCUT2D eigenvalue weighted by atomic mass is 32.2. The minimum atomic E-state index is -3.48. The topological polar surface area (TPSA) is 78.5 Å². The zero-order chi connectivity index (χ0) is 19.7. The zero-order valence-electron chi connectivity index (χ0n) is 15.9. The Bertz CT molecular complexity index is 968. The Balaban J connectivity index is 1.61. The number of benzene rings is 2. The largest absolute Gasteiger partial charge is 0.324 e. The normalized spacial score (nSPS) is 24.0. The van der Waals surface area contributed by atoms with Crippen molar-refractivity contribution in [2.45, 2.75) is 12.8 Å². The molecule has 5 rings (SSSR count). The third-order valence-corrected chi connectivity index (χ3v) is 6.26. The van der Waals surface area contributed by atoms with Gasteiger partial charge in [0.05, 0.1) is 23.5 Å². The molecule has 1 atom stereocenters. The number of carbonyl (C=O) groups excluding carboxylic acids is 1. The molecule has 2 aromatic carbocycles. The van der Waals surface area contributed by atoms with E-state index in [1.807, 2.05) is 36.4 Å². The standard InChI is InChI=1S/C21H25N3O3S/c1-28(26,27)23-20-13-17(15-5-3-2-4-6-15)7-8-19(20)22-21(25)18-14-24-11-9-16(18)10-12-24/h2-8,13,16,18,23H,9-12,14H2,1H3,(H,22,25)/t18-/m0/s1. The summed E-state index contributed by atoms with van der Waals surface area (Å²) in [4.78, 5) is 15.2. The fourth-order valence-electron chi connectivity index (χ4n) is 4.24. The van der Waals surface area contributed by atoms with E-state index in [2.05, 4.69) is 14.9 Å². The SMILES string of the molecule is CS(=O)(=O)Nc1cc(-c2ccccc2)ccc1NC(=O)[C@H]1CN2CCC1CC2. The second-order valence-electron chi connectivity index (χ2n) is 7.73. The molecule has 0 unspecified atom stereocenters. The van der Waals surface area contributed by atoms with Crippen molar-refractivity contribution < 1.29 is 13.2 Å². The van der Waals surface area contributed by atoms with E-state index in [9.17, 15) is 13.2 Å². The number of rotatable bonds is 5. The van der Waals surface area contributed by atoms with Crippen LogP contribution in [0.25, 0.3) is 11.1 Å². The second-order valence-corrected chi connectivity index (χ2v) is 9.48. The van der Waals surface area contributed by atoms with Gasteiger partial charge < -0.3 is 10.2 Å². The lowest BCUT2D eigenvalue weighted by Gasteiger charge is -2.43. The molecule has 7 heteroatoms. The molecule has 3 heterocycles. The summed E-state index contributed by atoms with van der Waals surface area (Å²) in [7, 11) is -3.48. The summed E-state index contributed by atoms with van der Waals surface area (Å²) < 4.78 is 26.3. The maximum Gasteiger partial charge on any atom is 0.229 e. The van der Waals surface area contributed by atoms with E-state index in [0.29, 0.717) is 17.3 Å². The molecule has 0 saturated carbocycles. The quantitative estimate of drug-likeness (QED) is 0.810. The molecule has 0 aliphatic carbocycles. The van der Waals surface area contributed by atoms with Crippen molar-refractivity contribution in [3.05, 3.63) is 48.5 Å². The third kappa shape index (κ3) is 4.20. The van der Waals surface area contributed by atoms with Crippen LogP contribution in [0.2, 0.25) is 0 Å². The van der Waals surface area contributed by atoms with E-state index in [4.69, 9.17) is 0 Å². The lowest BCUT2D eigenvalue weighted by molar-refractivity contribution is -0.125. The monoisotopic (exact) mass is 399 g/mol. The molecule has 3 aliphatic heterocycles. The number of amides is 1. The van der Waals surface area contributed by atoms with Gasteiger partial charge in [0.2, 0.25) is 15.9 Å². The van der Waals surface area contributed by atoms with Crippen LogP contribution in [0.3, 0.4) is 0 Å². The average Bonchev–Trinajstić information content (AvgIpc) is 2.69. The number of nitrogens with zero attached hydrogens (tertiary/aromatic N) is 1. The fraction of sp³-hybridized carbons (Fsp3) is 0.381. The van der Waals surface area contributed by atoms with Gasteiger partial charge in [0.15, 0.2) is 0 Å². The van der Waals surface area contributed by atoms with Gasteiger partial charge in [-0.15, -0.1) is 0 Å². The number of carbonyl (C=O) groups is 1. The second kappa shape index (κ2) is 7.56. The zero-order valence-corrected chi connectivity index (χ0v) is 16.7. The number of fused-ring (bicyclic) bond motifs is 3. The molecule has 2 N–H and O–H groups in total. The Morgan fingerprint density at radius 2 is 1.71 bits per heavy atom. The lowest BCUT2D eigenvalue weighted by Crippen LogP contribution is -2.51. The number of hydrogen-bond donors (Lipinski definition) is 2. The molecule has 6 nitrogen and oxygen atoms in total. The van der Waals surface area contributed by atoms with Gasteiger partial charge in [0.1, 0.15) is 0 Å². The van der Waals surface area contributed by atoms with E-state index in [1.54, 1.807) is 12.1 Å². The van der Waals surface area contributed by atoms with E-state index in [-0.39, 0.29) is 11.8 Å². The maximum atomic E-state index is 12.9. The van der Waals surface area contributed by atoms with Crippen molar-refractivity contribution in [3.8, 4) is 11.1 Å². The number of sulfonamides is 1. The smallest absolute Gasteiger partial charge is 0.229 e. The van der Waals surface area contributed by atoms with Gasteiger partial charge in [-0.2, -0.15) is 0 Å². The van der Waals surface area contributed by atoms with Gasteiger partial charge in [0, 0.05) is 6.54 Å². The van der Waals surface area contributed by atoms with Crippen LogP contribution in [0, 0.1) is 11.8 Å². The van der Waals surface area contributed by atoms with Crippen LogP contribution in [0.5, 0.6) is 0 Å². The Morgan fingerprint density at radius 1 is 1.00 bits per heavy atom. The molecule has 0 aromatic heterocycles. The molecule has 1 amide bonds. The molecule has 2 aromatic rings. The minimum Gasteiger partial charge on any atom is -0.324 e. The summed E-state index contributed by atoms with van der Waals surface area (Å²) in [5.74, 6) is 0.348. The first kappa shape index (κ1) is 19.0. The van der Waals surface area contributed by atoms with E-state index in [0.717, 1.165) is 49.9 Å². The summed E-state index contributed by atoms with van der Waals surface area (Å²) in [6.07, 6.45) is 3.22. The first-order valence-corrected chi connectivity index (χ1v) is 11.5. The van der Waals surface area contributed by atoms with Gasteiger partial charge in [0.25, 0.3) is 0 Å². The summed E-state index contributed by atoms with van der Waals surface area (Å²) in [6.45, 7) is 2.93. The number of nitrogens with one attached hydrogen (secondary N) is 2. The molecule has 0 spiro atoms. The first-order valence-electron chi connectivity index (χ1n) is 9.59. The Labute approximate surface area is 166 Å². The van der Waals surface area contributed by atoms with Crippen molar-refractivity contribution in [3.63, 3.8) is 0 Å². The van der Waals surface area contributed by atoms with Crippen LogP contribution in [-0.4, -0.2) is 45.1 Å². The Hall–Kier alpha value is -2.38. The Morgan fingerprint density at radius 3 is 2.32 bits per heavy atom. The average molecular weight is 400 g/mol. The van der Waals surface area contributed by atoms with Crippen LogP contribution in [0.1, 0.15) is 12.8 Å². The lowest BCUT2D eigenvalue weighted by atomic mass is 9.78. The highest BCUT2D eigenvalue weighted by Crippen LogP contribution is 2.35. The van der Waals surface area contributed by atoms with E-state index < -0.39 is 10.0 Å². The van der Waals surface area contributed by atoms with Gasteiger partial charge in [-0.25, -0.2) is 8.42 Å². The minimum absolute atomic E-state index is 0.0292. The summed E-state index contributed by atoms with van der Waals surface area (Å²) in [5, 5.41) is 2.97. The molecule has 0 radical (unpaired) electrons. The maximum absolute atomic E-state index is 12.9. The molecular weight excluding hydrogens is 374 g/mol. The van der Waals surface area contributed by atoms with Crippen LogP contribution in [0.4, 0.5) is 11.4 Å². The molecule has 3 saturated heterocycles. The summed E-state index contributed by atoms with van der Waals surface area (Å²) in [6, 6.07) is 15.2. The van der Waals surface area contributed by atoms with Gasteiger partial charge >= 0.3 is 0 Å². The molecule has 2 bridgehead atoms. The van der Waals surface area contributed by atoms with E-state index >= 15 is 0 Å². The predicted molar refractivity (Wildman–Crippen MR) is 112 cm³/mol. The van der Waals surface area contributed by atoms with E-state index in [1.165, 1.54) is 0 Å². The third-order valence-electron chi connectivity index (χ3n) is 5.67. The molecule has 3 aliphatic rings. The predicted octanol–water partition coefficient (Wildman–Crippen LogP) is 3.01. The van der Waals surface area contributed by atoms with Gasteiger partial charge in [-0.3, -0.25) is 9.52 Å².